The average molecular weight is 277 g/mol. The molecule has 0 unspecified atom stereocenters. The highest BCUT2D eigenvalue weighted by atomic mass is 19.1. The Morgan fingerprint density at radius 2 is 2.10 bits per heavy atom. The Kier molecular flexibility index (Phi) is 4.63. The Morgan fingerprint density at radius 3 is 2.70 bits per heavy atom. The van der Waals surface area contributed by atoms with Crippen LogP contribution in [0, 0.1) is 11.7 Å². The molecule has 1 aromatic carbocycles. The van der Waals surface area contributed by atoms with Crippen LogP contribution < -0.4 is 10.6 Å². The molecular formula is C16H24FN3. The fourth-order valence-electron chi connectivity index (χ4n) is 2.10. The molecule has 0 bridgehead atoms. The van der Waals surface area contributed by atoms with Gasteiger partial charge in [-0.2, -0.15) is 0 Å². The summed E-state index contributed by atoms with van der Waals surface area (Å²) in [6.07, 6.45) is 2.64. The van der Waals surface area contributed by atoms with Crippen LogP contribution >= 0.6 is 0 Å². The molecule has 0 atom stereocenters. The number of benzene rings is 1. The largest absolute Gasteiger partial charge is 0.356 e. The van der Waals surface area contributed by atoms with E-state index in [1.165, 1.54) is 18.9 Å². The average Bonchev–Trinajstić information content (AvgIpc) is 3.23. The van der Waals surface area contributed by atoms with Crippen LogP contribution in [0.25, 0.3) is 0 Å². The maximum atomic E-state index is 13.3. The second-order valence-corrected chi connectivity index (χ2v) is 6.14. The summed E-state index contributed by atoms with van der Waals surface area (Å²) in [4.78, 5) is 4.22. The summed E-state index contributed by atoms with van der Waals surface area (Å²) in [5.41, 5.74) is 0.835. The number of rotatable bonds is 5. The van der Waals surface area contributed by atoms with E-state index in [1.54, 1.807) is 19.2 Å². The molecule has 1 aromatic rings. The third-order valence-electron chi connectivity index (χ3n) is 3.78. The normalized spacial score (nSPS) is 16.1. The summed E-state index contributed by atoms with van der Waals surface area (Å²) in [7, 11) is 1.78. The molecule has 1 aliphatic rings. The highest BCUT2D eigenvalue weighted by Crippen LogP contribution is 2.27. The van der Waals surface area contributed by atoms with Crippen LogP contribution in [-0.4, -0.2) is 26.1 Å². The molecular weight excluding hydrogens is 253 g/mol. The van der Waals surface area contributed by atoms with Crippen LogP contribution in [0.15, 0.2) is 29.3 Å². The van der Waals surface area contributed by atoms with Gasteiger partial charge in [0, 0.05) is 25.6 Å². The standard InChI is InChI=1S/C16H24FN3/c1-16(2,13-5-4-6-14(17)9-13)11-20-15(18-3)19-10-12-7-8-12/h4-6,9,12H,7-8,10-11H2,1-3H3,(H2,18,19,20). The van der Waals surface area contributed by atoms with Crippen LogP contribution in [-0.2, 0) is 5.41 Å². The topological polar surface area (TPSA) is 36.4 Å². The molecule has 4 heteroatoms. The van der Waals surface area contributed by atoms with Gasteiger partial charge >= 0.3 is 0 Å². The Morgan fingerprint density at radius 1 is 1.35 bits per heavy atom. The lowest BCUT2D eigenvalue weighted by atomic mass is 9.84. The summed E-state index contributed by atoms with van der Waals surface area (Å²) in [6.45, 7) is 5.90. The predicted octanol–water partition coefficient (Wildman–Crippen LogP) is 2.68. The third kappa shape index (κ3) is 4.22. The fraction of sp³-hybridized carbons (Fsp3) is 0.562. The van der Waals surface area contributed by atoms with E-state index in [1.807, 2.05) is 6.07 Å². The van der Waals surface area contributed by atoms with E-state index >= 15 is 0 Å². The van der Waals surface area contributed by atoms with Crippen molar-refractivity contribution in [1.29, 1.82) is 0 Å². The van der Waals surface area contributed by atoms with Crippen LogP contribution in [0.3, 0.4) is 0 Å². The van der Waals surface area contributed by atoms with Gasteiger partial charge in [-0.15, -0.1) is 0 Å². The van der Waals surface area contributed by atoms with Gasteiger partial charge in [0.05, 0.1) is 0 Å². The van der Waals surface area contributed by atoms with Gasteiger partial charge in [0.25, 0.3) is 0 Å². The van der Waals surface area contributed by atoms with Gasteiger partial charge in [-0.25, -0.2) is 4.39 Å². The van der Waals surface area contributed by atoms with Crippen molar-refractivity contribution in [1.82, 2.24) is 10.6 Å². The highest BCUT2D eigenvalue weighted by molar-refractivity contribution is 5.79. The van der Waals surface area contributed by atoms with Gasteiger partial charge in [-0.1, -0.05) is 26.0 Å². The number of aliphatic imine (C=N–C) groups is 1. The van der Waals surface area contributed by atoms with Crippen molar-refractivity contribution < 1.29 is 4.39 Å². The fourth-order valence-corrected chi connectivity index (χ4v) is 2.10. The van der Waals surface area contributed by atoms with Gasteiger partial charge in [0.15, 0.2) is 5.96 Å². The van der Waals surface area contributed by atoms with E-state index in [4.69, 9.17) is 0 Å². The second-order valence-electron chi connectivity index (χ2n) is 6.14. The SMILES string of the molecule is CN=C(NCC1CC1)NCC(C)(C)c1cccc(F)c1. The third-order valence-corrected chi connectivity index (χ3v) is 3.78. The Bertz CT molecular complexity index is 478. The molecule has 0 saturated heterocycles. The lowest BCUT2D eigenvalue weighted by molar-refractivity contribution is 0.502. The molecule has 110 valence electrons. The first-order valence-electron chi connectivity index (χ1n) is 7.22. The predicted molar refractivity (Wildman–Crippen MR) is 81.5 cm³/mol. The zero-order valence-corrected chi connectivity index (χ0v) is 12.5. The molecule has 0 radical (unpaired) electrons. The molecule has 2 N–H and O–H groups in total. The second kappa shape index (κ2) is 6.25. The van der Waals surface area contributed by atoms with Crippen molar-refractivity contribution in [2.45, 2.75) is 32.1 Å². The molecule has 0 heterocycles. The molecule has 1 fully saturated rings. The summed E-state index contributed by atoms with van der Waals surface area (Å²) >= 11 is 0. The van der Waals surface area contributed by atoms with E-state index in [0.29, 0.717) is 6.54 Å². The van der Waals surface area contributed by atoms with E-state index in [-0.39, 0.29) is 11.2 Å². The Labute approximate surface area is 120 Å². The van der Waals surface area contributed by atoms with Crippen molar-refractivity contribution in [3.63, 3.8) is 0 Å². The van der Waals surface area contributed by atoms with Crippen LogP contribution in [0.1, 0.15) is 32.3 Å². The molecule has 1 aliphatic carbocycles. The van der Waals surface area contributed by atoms with Crippen molar-refractivity contribution >= 4 is 5.96 Å². The lowest BCUT2D eigenvalue weighted by Gasteiger charge is -2.26. The van der Waals surface area contributed by atoms with Crippen molar-refractivity contribution in [3.8, 4) is 0 Å². The molecule has 1 saturated carbocycles. The monoisotopic (exact) mass is 277 g/mol. The number of hydrogen-bond donors (Lipinski definition) is 2. The first-order chi connectivity index (χ1) is 9.51. The summed E-state index contributed by atoms with van der Waals surface area (Å²) < 4.78 is 13.3. The maximum absolute atomic E-state index is 13.3. The van der Waals surface area contributed by atoms with Crippen molar-refractivity contribution in [2.75, 3.05) is 20.1 Å². The minimum Gasteiger partial charge on any atom is -0.356 e. The van der Waals surface area contributed by atoms with Gasteiger partial charge in [-0.3, -0.25) is 4.99 Å². The number of nitrogens with one attached hydrogen (secondary N) is 2. The number of hydrogen-bond acceptors (Lipinski definition) is 1. The van der Waals surface area contributed by atoms with Crippen LogP contribution in [0.4, 0.5) is 4.39 Å². The summed E-state index contributed by atoms with van der Waals surface area (Å²) in [5.74, 6) is 1.44. The van der Waals surface area contributed by atoms with E-state index in [2.05, 4.69) is 29.5 Å². The zero-order chi connectivity index (χ0) is 14.6. The van der Waals surface area contributed by atoms with E-state index in [9.17, 15) is 4.39 Å². The molecule has 0 amide bonds. The molecule has 0 aromatic heterocycles. The molecule has 20 heavy (non-hydrogen) atoms. The Hall–Kier alpha value is -1.58. The van der Waals surface area contributed by atoms with Gasteiger partial charge in [0.2, 0.25) is 0 Å². The quantitative estimate of drug-likeness (QED) is 0.641. The van der Waals surface area contributed by atoms with E-state index in [0.717, 1.165) is 24.0 Å². The number of halogens is 1. The van der Waals surface area contributed by atoms with Crippen LogP contribution in [0.5, 0.6) is 0 Å². The molecule has 3 nitrogen and oxygen atoms in total. The number of guanidine groups is 1. The zero-order valence-electron chi connectivity index (χ0n) is 12.5. The minimum atomic E-state index is -0.188. The maximum Gasteiger partial charge on any atom is 0.191 e. The molecule has 0 aliphatic heterocycles. The van der Waals surface area contributed by atoms with Crippen molar-refractivity contribution in [2.24, 2.45) is 10.9 Å². The minimum absolute atomic E-state index is 0.153. The molecule has 2 rings (SSSR count). The number of nitrogens with zero attached hydrogens (tertiary/aromatic N) is 1. The molecule has 0 spiro atoms. The van der Waals surface area contributed by atoms with Gasteiger partial charge in [-0.05, 0) is 36.5 Å². The van der Waals surface area contributed by atoms with Crippen LogP contribution in [0.2, 0.25) is 0 Å². The smallest absolute Gasteiger partial charge is 0.191 e. The lowest BCUT2D eigenvalue weighted by Crippen LogP contribution is -2.44. The summed E-state index contributed by atoms with van der Waals surface area (Å²) in [6, 6.07) is 6.79. The summed E-state index contributed by atoms with van der Waals surface area (Å²) in [5, 5.41) is 6.66. The van der Waals surface area contributed by atoms with Gasteiger partial charge < -0.3 is 10.6 Å². The first kappa shape index (κ1) is 14.8. The highest BCUT2D eigenvalue weighted by Gasteiger charge is 2.23. The van der Waals surface area contributed by atoms with E-state index < -0.39 is 0 Å². The first-order valence-corrected chi connectivity index (χ1v) is 7.22. The van der Waals surface area contributed by atoms with Gasteiger partial charge in [0.1, 0.15) is 5.82 Å². The van der Waals surface area contributed by atoms with Crippen molar-refractivity contribution in [3.05, 3.63) is 35.6 Å². The Balaban J connectivity index is 1.89.